The van der Waals surface area contributed by atoms with Crippen LogP contribution in [0.4, 0.5) is 0 Å². The van der Waals surface area contributed by atoms with Crippen molar-refractivity contribution in [1.29, 1.82) is 0 Å². The summed E-state index contributed by atoms with van der Waals surface area (Å²) in [4.78, 5) is 12.3. The number of rotatable bonds is 2. The van der Waals surface area contributed by atoms with Crippen LogP contribution >= 0.6 is 0 Å². The zero-order chi connectivity index (χ0) is 12.7. The van der Waals surface area contributed by atoms with E-state index in [2.05, 4.69) is 12.2 Å². The Morgan fingerprint density at radius 1 is 1.22 bits per heavy atom. The van der Waals surface area contributed by atoms with Crippen LogP contribution in [0.2, 0.25) is 0 Å². The summed E-state index contributed by atoms with van der Waals surface area (Å²) in [6.07, 6.45) is 6.98. The summed E-state index contributed by atoms with van der Waals surface area (Å²) in [5, 5.41) is 3.19. The lowest BCUT2D eigenvalue weighted by atomic mass is 9.78. The number of carbonyl (C=O) groups is 1. The van der Waals surface area contributed by atoms with Crippen molar-refractivity contribution in [2.45, 2.75) is 69.7 Å². The summed E-state index contributed by atoms with van der Waals surface area (Å²) < 4.78 is 5.78. The van der Waals surface area contributed by atoms with Crippen LogP contribution in [0.5, 0.6) is 0 Å². The Kier molecular flexibility index (Phi) is 3.32. The van der Waals surface area contributed by atoms with E-state index in [0.717, 1.165) is 38.5 Å². The summed E-state index contributed by atoms with van der Waals surface area (Å²) in [6.45, 7) is 2.22. The van der Waals surface area contributed by atoms with Crippen LogP contribution in [0.25, 0.3) is 0 Å². The molecule has 6 atom stereocenters. The lowest BCUT2D eigenvalue weighted by molar-refractivity contribution is -0.128. The number of nitrogens with one attached hydrogen (secondary N) is 1. The van der Waals surface area contributed by atoms with E-state index >= 15 is 0 Å². The number of amides is 1. The van der Waals surface area contributed by atoms with E-state index in [1.165, 1.54) is 0 Å². The topological polar surface area (TPSA) is 64.4 Å². The molecular formula is C14H24N2O2. The summed E-state index contributed by atoms with van der Waals surface area (Å²) in [6, 6.07) is 0.279. The smallest absolute Gasteiger partial charge is 0.224 e. The summed E-state index contributed by atoms with van der Waals surface area (Å²) in [7, 11) is 0. The van der Waals surface area contributed by atoms with Crippen molar-refractivity contribution < 1.29 is 9.53 Å². The fourth-order valence-corrected chi connectivity index (χ4v) is 3.79. The summed E-state index contributed by atoms with van der Waals surface area (Å²) in [5.74, 6) is 0.792. The highest BCUT2D eigenvalue weighted by Gasteiger charge is 2.42. The van der Waals surface area contributed by atoms with Gasteiger partial charge in [0.05, 0.1) is 24.2 Å². The van der Waals surface area contributed by atoms with Crippen LogP contribution in [0.3, 0.4) is 0 Å². The number of hydrogen-bond donors (Lipinski definition) is 2. The van der Waals surface area contributed by atoms with Gasteiger partial charge in [-0.3, -0.25) is 4.79 Å². The van der Waals surface area contributed by atoms with Gasteiger partial charge in [0.1, 0.15) is 0 Å². The van der Waals surface area contributed by atoms with E-state index in [9.17, 15) is 4.79 Å². The highest BCUT2D eigenvalue weighted by atomic mass is 16.5. The standard InChI is InChI=1S/C14H24N2O2/c1-8-2-4-11(15)10(6-8)14(17)16-12-7-9-3-5-13(12)18-9/h8-13H,2-7,15H2,1H3,(H,16,17). The molecule has 0 aromatic rings. The van der Waals surface area contributed by atoms with Gasteiger partial charge in [-0.1, -0.05) is 6.92 Å². The van der Waals surface area contributed by atoms with Crippen LogP contribution in [-0.4, -0.2) is 30.2 Å². The highest BCUT2D eigenvalue weighted by molar-refractivity contribution is 5.80. The lowest BCUT2D eigenvalue weighted by Gasteiger charge is -2.33. The minimum absolute atomic E-state index is 0.00729. The number of carbonyl (C=O) groups excluding carboxylic acids is 1. The molecule has 1 aliphatic carbocycles. The predicted octanol–water partition coefficient (Wildman–Crippen LogP) is 1.19. The van der Waals surface area contributed by atoms with Crippen LogP contribution in [0.1, 0.15) is 45.4 Å². The van der Waals surface area contributed by atoms with Crippen molar-refractivity contribution in [2.75, 3.05) is 0 Å². The Morgan fingerprint density at radius 2 is 2.06 bits per heavy atom. The van der Waals surface area contributed by atoms with E-state index in [0.29, 0.717) is 12.0 Å². The first-order valence-corrected chi connectivity index (χ1v) is 7.35. The third-order valence-electron chi connectivity index (χ3n) is 4.94. The maximum absolute atomic E-state index is 12.3. The van der Waals surface area contributed by atoms with Gasteiger partial charge in [0.2, 0.25) is 5.91 Å². The molecule has 0 aromatic heterocycles. The van der Waals surface area contributed by atoms with E-state index in [1.807, 2.05) is 0 Å². The maximum Gasteiger partial charge on any atom is 0.224 e. The minimum atomic E-state index is 0.00729. The quantitative estimate of drug-likeness (QED) is 0.776. The zero-order valence-corrected chi connectivity index (χ0v) is 11.1. The second-order valence-corrected chi connectivity index (χ2v) is 6.41. The molecule has 2 saturated heterocycles. The highest BCUT2D eigenvalue weighted by Crippen LogP contribution is 2.35. The molecule has 3 fully saturated rings. The Bertz CT molecular complexity index is 334. The summed E-state index contributed by atoms with van der Waals surface area (Å²) >= 11 is 0. The van der Waals surface area contributed by atoms with Crippen molar-refractivity contribution in [3.8, 4) is 0 Å². The van der Waals surface area contributed by atoms with Gasteiger partial charge in [0, 0.05) is 6.04 Å². The van der Waals surface area contributed by atoms with Crippen LogP contribution < -0.4 is 11.1 Å². The Morgan fingerprint density at radius 3 is 2.72 bits per heavy atom. The Balaban J connectivity index is 1.57. The van der Waals surface area contributed by atoms with Crippen LogP contribution in [0, 0.1) is 11.8 Å². The normalized spacial score (nSPS) is 47.2. The minimum Gasteiger partial charge on any atom is -0.373 e. The number of hydrogen-bond acceptors (Lipinski definition) is 3. The van der Waals surface area contributed by atoms with Gasteiger partial charge in [-0.05, 0) is 44.4 Å². The fraction of sp³-hybridized carbons (Fsp3) is 0.929. The van der Waals surface area contributed by atoms with Gasteiger partial charge in [-0.25, -0.2) is 0 Å². The molecule has 2 bridgehead atoms. The third kappa shape index (κ3) is 2.28. The van der Waals surface area contributed by atoms with Gasteiger partial charge >= 0.3 is 0 Å². The Labute approximate surface area is 109 Å². The molecule has 4 heteroatoms. The van der Waals surface area contributed by atoms with Crippen LogP contribution in [0.15, 0.2) is 0 Å². The molecule has 0 radical (unpaired) electrons. The average Bonchev–Trinajstić information content (AvgIpc) is 2.94. The molecule has 1 saturated carbocycles. The lowest BCUT2D eigenvalue weighted by Crippen LogP contribution is -2.50. The first kappa shape index (κ1) is 12.4. The molecule has 0 spiro atoms. The molecule has 0 aromatic carbocycles. The third-order valence-corrected chi connectivity index (χ3v) is 4.94. The van der Waals surface area contributed by atoms with Crippen molar-refractivity contribution in [3.63, 3.8) is 0 Å². The van der Waals surface area contributed by atoms with Gasteiger partial charge in [-0.2, -0.15) is 0 Å². The molecule has 2 aliphatic heterocycles. The maximum atomic E-state index is 12.3. The molecule has 4 nitrogen and oxygen atoms in total. The molecule has 6 unspecified atom stereocenters. The molecule has 2 heterocycles. The molecule has 18 heavy (non-hydrogen) atoms. The SMILES string of the molecule is CC1CCC(N)C(C(=O)NC2CC3CCC2O3)C1. The van der Waals surface area contributed by atoms with E-state index < -0.39 is 0 Å². The van der Waals surface area contributed by atoms with E-state index in [1.54, 1.807) is 0 Å². The first-order chi connectivity index (χ1) is 8.63. The van der Waals surface area contributed by atoms with Crippen molar-refractivity contribution in [1.82, 2.24) is 5.32 Å². The fourth-order valence-electron chi connectivity index (χ4n) is 3.79. The van der Waals surface area contributed by atoms with Gasteiger partial charge in [0.15, 0.2) is 0 Å². The predicted molar refractivity (Wildman–Crippen MR) is 68.9 cm³/mol. The molecule has 102 valence electrons. The molecule has 1 amide bonds. The molecular weight excluding hydrogens is 228 g/mol. The van der Waals surface area contributed by atoms with Crippen molar-refractivity contribution >= 4 is 5.91 Å². The summed E-state index contributed by atoms with van der Waals surface area (Å²) in [5.41, 5.74) is 6.10. The second kappa shape index (κ2) is 4.82. The number of nitrogens with two attached hydrogens (primary N) is 1. The number of fused-ring (bicyclic) bond motifs is 2. The second-order valence-electron chi connectivity index (χ2n) is 6.41. The largest absolute Gasteiger partial charge is 0.373 e. The first-order valence-electron chi connectivity index (χ1n) is 7.35. The van der Waals surface area contributed by atoms with Gasteiger partial charge in [-0.15, -0.1) is 0 Å². The number of ether oxygens (including phenoxy) is 1. The van der Waals surface area contributed by atoms with Crippen molar-refractivity contribution in [3.05, 3.63) is 0 Å². The van der Waals surface area contributed by atoms with Crippen LogP contribution in [-0.2, 0) is 9.53 Å². The van der Waals surface area contributed by atoms with E-state index in [-0.39, 0.29) is 30.0 Å². The van der Waals surface area contributed by atoms with Gasteiger partial charge in [0.25, 0.3) is 0 Å². The van der Waals surface area contributed by atoms with Gasteiger partial charge < -0.3 is 15.8 Å². The molecule has 3 aliphatic rings. The average molecular weight is 252 g/mol. The zero-order valence-electron chi connectivity index (χ0n) is 11.1. The Hall–Kier alpha value is -0.610. The van der Waals surface area contributed by atoms with E-state index in [4.69, 9.17) is 10.5 Å². The monoisotopic (exact) mass is 252 g/mol. The molecule has 3 N–H and O–H groups in total. The molecule has 3 rings (SSSR count). The van der Waals surface area contributed by atoms with Crippen molar-refractivity contribution in [2.24, 2.45) is 17.6 Å².